The Morgan fingerprint density at radius 1 is 1.52 bits per heavy atom. The van der Waals surface area contributed by atoms with Gasteiger partial charge in [-0.1, -0.05) is 0 Å². The SMILES string of the molecule is O=C(O)CCC1CCCN(C(=O)NCCc2cnc[nH]2)C1. The molecule has 2 rings (SSSR count). The molecule has 0 saturated carbocycles. The normalized spacial score (nSPS) is 18.5. The van der Waals surface area contributed by atoms with Crippen molar-refractivity contribution in [1.82, 2.24) is 20.2 Å². The van der Waals surface area contributed by atoms with E-state index in [9.17, 15) is 9.59 Å². The number of amides is 2. The van der Waals surface area contributed by atoms with Gasteiger partial charge in [-0.25, -0.2) is 9.78 Å². The fraction of sp³-hybridized carbons (Fsp3) is 0.643. The van der Waals surface area contributed by atoms with Gasteiger partial charge in [-0.3, -0.25) is 4.79 Å². The second-order valence-corrected chi connectivity index (χ2v) is 5.45. The number of imidazole rings is 1. The Labute approximate surface area is 123 Å². The van der Waals surface area contributed by atoms with E-state index in [0.717, 1.165) is 31.5 Å². The summed E-state index contributed by atoms with van der Waals surface area (Å²) in [4.78, 5) is 31.4. The first-order valence-corrected chi connectivity index (χ1v) is 7.37. The van der Waals surface area contributed by atoms with Crippen LogP contribution in [0.1, 0.15) is 31.4 Å². The van der Waals surface area contributed by atoms with Crippen LogP contribution in [0.2, 0.25) is 0 Å². The molecule has 0 spiro atoms. The number of carbonyl (C=O) groups excluding carboxylic acids is 1. The molecule has 2 amide bonds. The number of aromatic amines is 1. The van der Waals surface area contributed by atoms with Gasteiger partial charge >= 0.3 is 12.0 Å². The molecule has 21 heavy (non-hydrogen) atoms. The molecule has 0 aliphatic carbocycles. The minimum Gasteiger partial charge on any atom is -0.481 e. The van der Waals surface area contributed by atoms with Gasteiger partial charge in [-0.05, 0) is 25.2 Å². The molecule has 1 aliphatic heterocycles. The van der Waals surface area contributed by atoms with Crippen LogP contribution in [0.4, 0.5) is 4.79 Å². The van der Waals surface area contributed by atoms with E-state index in [2.05, 4.69) is 15.3 Å². The van der Waals surface area contributed by atoms with Crippen LogP contribution in [0.3, 0.4) is 0 Å². The summed E-state index contributed by atoms with van der Waals surface area (Å²) in [7, 11) is 0. The van der Waals surface area contributed by atoms with E-state index < -0.39 is 5.97 Å². The first-order chi connectivity index (χ1) is 10.1. The van der Waals surface area contributed by atoms with Gasteiger partial charge in [-0.15, -0.1) is 0 Å². The number of hydrogen-bond donors (Lipinski definition) is 3. The largest absolute Gasteiger partial charge is 0.481 e. The standard InChI is InChI=1S/C14H22N4O3/c19-13(20)4-3-11-2-1-7-18(9-11)14(21)16-6-5-12-8-15-10-17-12/h8,10-11H,1-7,9H2,(H,15,17)(H,16,21)(H,19,20). The molecular weight excluding hydrogens is 272 g/mol. The number of aromatic nitrogens is 2. The van der Waals surface area contributed by atoms with Crippen LogP contribution in [0.5, 0.6) is 0 Å². The van der Waals surface area contributed by atoms with Gasteiger partial charge in [-0.2, -0.15) is 0 Å². The number of likely N-dealkylation sites (tertiary alicyclic amines) is 1. The fourth-order valence-corrected chi connectivity index (χ4v) is 2.65. The van der Waals surface area contributed by atoms with Crippen LogP contribution in [-0.2, 0) is 11.2 Å². The van der Waals surface area contributed by atoms with Crippen LogP contribution in [0.25, 0.3) is 0 Å². The fourth-order valence-electron chi connectivity index (χ4n) is 2.65. The number of carbonyl (C=O) groups is 2. The van der Waals surface area contributed by atoms with E-state index in [1.54, 1.807) is 17.4 Å². The van der Waals surface area contributed by atoms with E-state index in [4.69, 9.17) is 5.11 Å². The maximum absolute atomic E-state index is 12.1. The summed E-state index contributed by atoms with van der Waals surface area (Å²) < 4.78 is 0. The van der Waals surface area contributed by atoms with Crippen molar-refractivity contribution in [3.63, 3.8) is 0 Å². The van der Waals surface area contributed by atoms with Crippen molar-refractivity contribution < 1.29 is 14.7 Å². The van der Waals surface area contributed by atoms with Gasteiger partial charge in [0, 0.05) is 44.4 Å². The first kappa shape index (κ1) is 15.3. The Balaban J connectivity index is 1.70. The van der Waals surface area contributed by atoms with Gasteiger partial charge in [0.2, 0.25) is 0 Å². The van der Waals surface area contributed by atoms with Crippen molar-refractivity contribution in [2.75, 3.05) is 19.6 Å². The summed E-state index contributed by atoms with van der Waals surface area (Å²) in [6, 6.07) is -0.0606. The molecule has 3 N–H and O–H groups in total. The minimum absolute atomic E-state index is 0.0606. The third-order valence-corrected chi connectivity index (χ3v) is 3.80. The highest BCUT2D eigenvalue weighted by Crippen LogP contribution is 2.20. The molecule has 1 saturated heterocycles. The highest BCUT2D eigenvalue weighted by molar-refractivity contribution is 5.74. The Morgan fingerprint density at radius 2 is 2.38 bits per heavy atom. The molecule has 1 fully saturated rings. The molecule has 0 bridgehead atoms. The lowest BCUT2D eigenvalue weighted by molar-refractivity contribution is -0.137. The molecule has 0 radical (unpaired) electrons. The van der Waals surface area contributed by atoms with E-state index in [0.29, 0.717) is 25.4 Å². The van der Waals surface area contributed by atoms with Crippen molar-refractivity contribution in [2.24, 2.45) is 5.92 Å². The number of carboxylic acid groups (broad SMARTS) is 1. The number of carboxylic acids is 1. The third kappa shape index (κ3) is 5.09. The quantitative estimate of drug-likeness (QED) is 0.735. The zero-order valence-electron chi connectivity index (χ0n) is 12.0. The number of nitrogens with one attached hydrogen (secondary N) is 2. The van der Waals surface area contributed by atoms with E-state index >= 15 is 0 Å². The monoisotopic (exact) mass is 294 g/mol. The number of H-pyrrole nitrogens is 1. The average molecular weight is 294 g/mol. The Bertz CT molecular complexity index is 461. The van der Waals surface area contributed by atoms with E-state index in [-0.39, 0.29) is 12.5 Å². The second kappa shape index (κ2) is 7.66. The lowest BCUT2D eigenvalue weighted by atomic mass is 9.93. The van der Waals surface area contributed by atoms with Gasteiger partial charge in [0.25, 0.3) is 0 Å². The second-order valence-electron chi connectivity index (χ2n) is 5.45. The molecule has 7 nitrogen and oxygen atoms in total. The predicted octanol–water partition coefficient (Wildman–Crippen LogP) is 1.24. The van der Waals surface area contributed by atoms with Crippen molar-refractivity contribution in [3.05, 3.63) is 18.2 Å². The number of nitrogens with zero attached hydrogens (tertiary/aromatic N) is 2. The third-order valence-electron chi connectivity index (χ3n) is 3.80. The summed E-state index contributed by atoms with van der Waals surface area (Å²) in [5.41, 5.74) is 0.994. The molecule has 0 aromatic carbocycles. The highest BCUT2D eigenvalue weighted by atomic mass is 16.4. The summed E-state index contributed by atoms with van der Waals surface area (Å²) in [5.74, 6) is -0.468. The van der Waals surface area contributed by atoms with E-state index in [1.165, 1.54) is 0 Å². The number of rotatable bonds is 6. The lowest BCUT2D eigenvalue weighted by Gasteiger charge is -2.32. The highest BCUT2D eigenvalue weighted by Gasteiger charge is 2.23. The van der Waals surface area contributed by atoms with Crippen LogP contribution in [0.15, 0.2) is 12.5 Å². The summed E-state index contributed by atoms with van der Waals surface area (Å²) in [6.07, 6.45) is 6.86. The molecule has 7 heteroatoms. The van der Waals surface area contributed by atoms with Gasteiger partial charge in [0.05, 0.1) is 6.33 Å². The number of urea groups is 1. The van der Waals surface area contributed by atoms with Crippen molar-refractivity contribution in [2.45, 2.75) is 32.1 Å². The predicted molar refractivity (Wildman–Crippen MR) is 76.9 cm³/mol. The first-order valence-electron chi connectivity index (χ1n) is 7.37. The molecule has 1 unspecified atom stereocenters. The number of aliphatic carboxylic acids is 1. The lowest BCUT2D eigenvalue weighted by Crippen LogP contribution is -2.46. The average Bonchev–Trinajstić information content (AvgIpc) is 2.98. The zero-order chi connectivity index (χ0) is 15.1. The van der Waals surface area contributed by atoms with Crippen molar-refractivity contribution in [1.29, 1.82) is 0 Å². The number of piperidine rings is 1. The Hall–Kier alpha value is -2.05. The van der Waals surface area contributed by atoms with Crippen LogP contribution in [0, 0.1) is 5.92 Å². The van der Waals surface area contributed by atoms with Gasteiger partial charge in [0.15, 0.2) is 0 Å². The maximum atomic E-state index is 12.1. The topological polar surface area (TPSA) is 98.3 Å². The minimum atomic E-state index is -0.767. The molecule has 116 valence electrons. The van der Waals surface area contributed by atoms with Crippen molar-refractivity contribution in [3.8, 4) is 0 Å². The summed E-state index contributed by atoms with van der Waals surface area (Å²) in [6.45, 7) is 1.97. The molecule has 1 aliphatic rings. The Kier molecular flexibility index (Phi) is 5.59. The molecule has 2 heterocycles. The van der Waals surface area contributed by atoms with Crippen LogP contribution < -0.4 is 5.32 Å². The molecule has 1 atom stereocenters. The Morgan fingerprint density at radius 3 is 3.10 bits per heavy atom. The zero-order valence-corrected chi connectivity index (χ0v) is 12.0. The van der Waals surface area contributed by atoms with Gasteiger partial charge < -0.3 is 20.3 Å². The summed E-state index contributed by atoms with van der Waals surface area (Å²) >= 11 is 0. The molecule has 1 aromatic rings. The van der Waals surface area contributed by atoms with Crippen LogP contribution in [-0.4, -0.2) is 51.6 Å². The summed E-state index contributed by atoms with van der Waals surface area (Å²) in [5, 5.41) is 11.6. The molecule has 1 aromatic heterocycles. The smallest absolute Gasteiger partial charge is 0.317 e. The maximum Gasteiger partial charge on any atom is 0.317 e. The van der Waals surface area contributed by atoms with E-state index in [1.807, 2.05) is 0 Å². The van der Waals surface area contributed by atoms with Crippen molar-refractivity contribution >= 4 is 12.0 Å². The molecular formula is C14H22N4O3. The number of hydrogen-bond acceptors (Lipinski definition) is 3. The van der Waals surface area contributed by atoms with Crippen LogP contribution >= 0.6 is 0 Å². The van der Waals surface area contributed by atoms with Gasteiger partial charge in [0.1, 0.15) is 0 Å².